The van der Waals surface area contributed by atoms with Crippen molar-refractivity contribution in [3.63, 3.8) is 0 Å². The first kappa shape index (κ1) is 23.9. The summed E-state index contributed by atoms with van der Waals surface area (Å²) in [6.07, 6.45) is 9.62. The summed E-state index contributed by atoms with van der Waals surface area (Å²) in [5.74, 6) is 1.31. The number of hydrogen-bond acceptors (Lipinski definition) is 7. The van der Waals surface area contributed by atoms with E-state index in [1.165, 1.54) is 38.5 Å². The molecule has 0 unspecified atom stereocenters. The fourth-order valence-electron chi connectivity index (χ4n) is 2.88. The van der Waals surface area contributed by atoms with Crippen molar-refractivity contribution < 1.29 is 0 Å². The van der Waals surface area contributed by atoms with Crippen LogP contribution in [-0.4, -0.2) is 69.3 Å². The quantitative estimate of drug-likeness (QED) is 0.414. The molecule has 0 fully saturated rings. The Morgan fingerprint density at radius 1 is 0.667 bits per heavy atom. The Labute approximate surface area is 170 Å². The zero-order chi connectivity index (χ0) is 19.9. The third-order valence-corrected chi connectivity index (χ3v) is 4.78. The molecule has 2 N–H and O–H groups in total. The molecule has 0 saturated carbocycles. The molecule has 0 atom stereocenters. The second kappa shape index (κ2) is 14.8. The molecular formula is C19H38ClN7. The van der Waals surface area contributed by atoms with Gasteiger partial charge >= 0.3 is 0 Å². The van der Waals surface area contributed by atoms with E-state index in [1.54, 1.807) is 0 Å². The van der Waals surface area contributed by atoms with Gasteiger partial charge in [0.15, 0.2) is 0 Å². The molecule has 0 bridgehead atoms. The van der Waals surface area contributed by atoms with Gasteiger partial charge in [0.2, 0.25) is 17.2 Å². The van der Waals surface area contributed by atoms with Crippen molar-refractivity contribution in [2.45, 2.75) is 51.4 Å². The summed E-state index contributed by atoms with van der Waals surface area (Å²) in [6, 6.07) is 0. The topological polar surface area (TPSA) is 69.2 Å². The molecular weight excluding hydrogens is 362 g/mol. The van der Waals surface area contributed by atoms with Crippen molar-refractivity contribution in [3.05, 3.63) is 5.28 Å². The monoisotopic (exact) mass is 399 g/mol. The summed E-state index contributed by atoms with van der Waals surface area (Å²) in [6.45, 7) is 4.03. The first-order valence-corrected chi connectivity index (χ1v) is 10.6. The Morgan fingerprint density at radius 2 is 1.07 bits per heavy atom. The molecule has 1 aromatic rings. The molecule has 8 heteroatoms. The van der Waals surface area contributed by atoms with Crippen molar-refractivity contribution in [1.29, 1.82) is 0 Å². The summed E-state index contributed by atoms with van der Waals surface area (Å²) in [5, 5.41) is 6.63. The van der Waals surface area contributed by atoms with Crippen molar-refractivity contribution in [2.24, 2.45) is 0 Å². The van der Waals surface area contributed by atoms with Gasteiger partial charge in [0.1, 0.15) is 0 Å². The fraction of sp³-hybridized carbons (Fsp3) is 0.842. The van der Waals surface area contributed by atoms with Crippen molar-refractivity contribution in [3.8, 4) is 0 Å². The lowest BCUT2D eigenvalue weighted by Crippen LogP contribution is -2.25. The Bertz CT molecular complexity index is 461. The number of hydrogen-bond donors (Lipinski definition) is 2. The van der Waals surface area contributed by atoms with Crippen molar-refractivity contribution >= 4 is 23.5 Å². The zero-order valence-electron chi connectivity index (χ0n) is 17.6. The van der Waals surface area contributed by atoms with E-state index >= 15 is 0 Å². The highest BCUT2D eigenvalue weighted by atomic mass is 35.5. The molecule has 156 valence electrons. The maximum absolute atomic E-state index is 6.15. The van der Waals surface area contributed by atoms with Gasteiger partial charge in [-0.05, 0) is 64.5 Å². The van der Waals surface area contributed by atoms with Crippen LogP contribution in [0.15, 0.2) is 0 Å². The van der Waals surface area contributed by atoms with E-state index in [-0.39, 0.29) is 5.28 Å². The van der Waals surface area contributed by atoms with E-state index in [0.29, 0.717) is 11.9 Å². The van der Waals surface area contributed by atoms with Crippen LogP contribution in [0, 0.1) is 0 Å². The van der Waals surface area contributed by atoms with Crippen LogP contribution in [0.4, 0.5) is 11.9 Å². The molecule has 1 rings (SSSR count). The van der Waals surface area contributed by atoms with E-state index in [4.69, 9.17) is 11.6 Å². The van der Waals surface area contributed by atoms with Gasteiger partial charge in [0, 0.05) is 27.2 Å². The first-order chi connectivity index (χ1) is 13.1. The lowest BCUT2D eigenvalue weighted by Gasteiger charge is -2.21. The smallest absolute Gasteiger partial charge is 0.231 e. The molecule has 1 heterocycles. The van der Waals surface area contributed by atoms with Gasteiger partial charge in [0.25, 0.3) is 0 Å². The maximum Gasteiger partial charge on any atom is 0.231 e. The van der Waals surface area contributed by atoms with Gasteiger partial charge in [-0.3, -0.25) is 0 Å². The molecule has 1 aromatic heterocycles. The van der Waals surface area contributed by atoms with Crippen LogP contribution >= 0.6 is 11.6 Å². The van der Waals surface area contributed by atoms with E-state index in [2.05, 4.69) is 35.4 Å². The summed E-state index contributed by atoms with van der Waals surface area (Å²) in [4.78, 5) is 17.4. The largest absolute Gasteiger partial charge is 0.344 e. The Kier molecular flexibility index (Phi) is 13.1. The third-order valence-electron chi connectivity index (χ3n) is 4.61. The summed E-state index contributed by atoms with van der Waals surface area (Å²) >= 11 is 6.15. The van der Waals surface area contributed by atoms with Crippen molar-refractivity contribution in [2.75, 3.05) is 64.2 Å². The molecule has 0 aliphatic carbocycles. The molecule has 0 aliphatic heterocycles. The van der Waals surface area contributed by atoms with Crippen LogP contribution in [0.2, 0.25) is 5.28 Å². The minimum Gasteiger partial charge on any atom is -0.344 e. The molecule has 0 saturated heterocycles. The molecule has 7 nitrogen and oxygen atoms in total. The van der Waals surface area contributed by atoms with E-state index in [9.17, 15) is 0 Å². The van der Waals surface area contributed by atoms with Gasteiger partial charge < -0.3 is 20.4 Å². The third kappa shape index (κ3) is 10.7. The van der Waals surface area contributed by atoms with E-state index in [0.717, 1.165) is 39.0 Å². The summed E-state index contributed by atoms with van der Waals surface area (Å²) in [7, 11) is 8.03. The highest BCUT2D eigenvalue weighted by Crippen LogP contribution is 2.16. The molecule has 0 radical (unpaired) electrons. The van der Waals surface area contributed by atoms with Crippen LogP contribution in [0.5, 0.6) is 0 Å². The number of nitrogens with zero attached hydrogens (tertiary/aromatic N) is 5. The number of anilines is 2. The molecule has 27 heavy (non-hydrogen) atoms. The Morgan fingerprint density at radius 3 is 1.48 bits per heavy atom. The van der Waals surface area contributed by atoms with Crippen LogP contribution in [0.1, 0.15) is 51.4 Å². The van der Waals surface area contributed by atoms with Crippen LogP contribution in [0.25, 0.3) is 0 Å². The standard InChI is InChI=1S/C19H38ClN7/c1-21-13-9-5-7-11-15-26(3)18-23-17(20)24-19(25-18)27(4)16-12-8-6-10-14-22-2/h21-22H,5-16H2,1-4H3. The minimum absolute atomic E-state index is 0.261. The zero-order valence-corrected chi connectivity index (χ0v) is 18.4. The van der Waals surface area contributed by atoms with E-state index < -0.39 is 0 Å². The Hall–Kier alpha value is -1.18. The minimum atomic E-state index is 0.261. The maximum atomic E-state index is 6.15. The van der Waals surface area contributed by atoms with Gasteiger partial charge in [-0.15, -0.1) is 0 Å². The first-order valence-electron chi connectivity index (χ1n) is 10.2. The number of halogens is 1. The molecule has 0 aromatic carbocycles. The van der Waals surface area contributed by atoms with Crippen LogP contribution in [-0.2, 0) is 0 Å². The van der Waals surface area contributed by atoms with Crippen LogP contribution < -0.4 is 20.4 Å². The fourth-order valence-corrected chi connectivity index (χ4v) is 3.03. The molecule has 0 spiro atoms. The second-order valence-corrected chi connectivity index (χ2v) is 7.42. The highest BCUT2D eigenvalue weighted by Gasteiger charge is 2.12. The number of nitrogens with one attached hydrogen (secondary N) is 2. The lowest BCUT2D eigenvalue weighted by atomic mass is 10.2. The normalized spacial score (nSPS) is 11.0. The van der Waals surface area contributed by atoms with Gasteiger partial charge in [-0.25, -0.2) is 0 Å². The van der Waals surface area contributed by atoms with Gasteiger partial charge in [0.05, 0.1) is 0 Å². The predicted molar refractivity (Wildman–Crippen MR) is 116 cm³/mol. The molecule has 0 amide bonds. The highest BCUT2D eigenvalue weighted by molar-refractivity contribution is 6.28. The van der Waals surface area contributed by atoms with E-state index in [1.807, 2.05) is 28.2 Å². The number of unbranched alkanes of at least 4 members (excludes halogenated alkanes) is 6. The lowest BCUT2D eigenvalue weighted by molar-refractivity contribution is 0.609. The molecule has 0 aliphatic rings. The average molecular weight is 400 g/mol. The van der Waals surface area contributed by atoms with Crippen molar-refractivity contribution in [1.82, 2.24) is 25.6 Å². The SMILES string of the molecule is CNCCCCCCN(C)c1nc(Cl)nc(N(C)CCCCCCNC)n1. The second-order valence-electron chi connectivity index (χ2n) is 7.08. The number of rotatable bonds is 16. The average Bonchev–Trinajstić information content (AvgIpc) is 2.66. The summed E-state index contributed by atoms with van der Waals surface area (Å²) < 4.78 is 0. The van der Waals surface area contributed by atoms with Crippen LogP contribution in [0.3, 0.4) is 0 Å². The van der Waals surface area contributed by atoms with Gasteiger partial charge in [-0.1, -0.05) is 25.7 Å². The Balaban J connectivity index is 2.42. The predicted octanol–water partition coefficient (Wildman–Crippen LogP) is 2.96. The van der Waals surface area contributed by atoms with Gasteiger partial charge in [-0.2, -0.15) is 15.0 Å². The summed E-state index contributed by atoms with van der Waals surface area (Å²) in [5.41, 5.74) is 0. The number of aromatic nitrogens is 3.